The number of fused-ring (bicyclic) bond motifs is 1. The number of aromatic nitrogens is 3. The summed E-state index contributed by atoms with van der Waals surface area (Å²) in [5.74, 6) is -0.936. The maximum atomic E-state index is 10.9. The molecule has 0 aliphatic heterocycles. The van der Waals surface area contributed by atoms with Gasteiger partial charge in [-0.2, -0.15) is 0 Å². The van der Waals surface area contributed by atoms with E-state index in [1.54, 1.807) is 35.6 Å². The third kappa shape index (κ3) is 2.55. The minimum absolute atomic E-state index is 0.259. The second kappa shape index (κ2) is 5.73. The standard InChI is InChI=1S/C16H12N4O2S2/c1-9-13(20-6-7-23-16(20)17-9)12-8-24-15(19-12)18-11-4-2-10(3-5-11)14(21)22/h2-8H,1H3,(H,18,19)(H,21,22). The number of hydrogen-bond donors (Lipinski definition) is 2. The number of aromatic carboxylic acids is 1. The molecule has 24 heavy (non-hydrogen) atoms. The van der Waals surface area contributed by atoms with E-state index in [4.69, 9.17) is 5.11 Å². The molecular weight excluding hydrogens is 344 g/mol. The number of nitrogens with zero attached hydrogens (tertiary/aromatic N) is 3. The van der Waals surface area contributed by atoms with Gasteiger partial charge in [-0.1, -0.05) is 0 Å². The van der Waals surface area contributed by atoms with Crippen LogP contribution >= 0.6 is 22.7 Å². The van der Waals surface area contributed by atoms with Gasteiger partial charge in [-0.05, 0) is 31.2 Å². The summed E-state index contributed by atoms with van der Waals surface area (Å²) in [6, 6.07) is 6.59. The zero-order chi connectivity index (χ0) is 16.7. The van der Waals surface area contributed by atoms with Crippen molar-refractivity contribution in [3.8, 4) is 11.4 Å². The van der Waals surface area contributed by atoms with Crippen LogP contribution in [0.1, 0.15) is 16.1 Å². The van der Waals surface area contributed by atoms with Crippen molar-refractivity contribution in [1.29, 1.82) is 0 Å². The number of anilines is 2. The van der Waals surface area contributed by atoms with Gasteiger partial charge in [0.2, 0.25) is 0 Å². The van der Waals surface area contributed by atoms with Crippen molar-refractivity contribution in [1.82, 2.24) is 14.4 Å². The second-order valence-corrected chi connectivity index (χ2v) is 6.88. The van der Waals surface area contributed by atoms with Crippen molar-refractivity contribution < 1.29 is 9.90 Å². The predicted molar refractivity (Wildman–Crippen MR) is 95.6 cm³/mol. The Morgan fingerprint density at radius 2 is 2.00 bits per heavy atom. The summed E-state index contributed by atoms with van der Waals surface area (Å²) in [6.45, 7) is 1.98. The van der Waals surface area contributed by atoms with Crippen molar-refractivity contribution in [2.24, 2.45) is 0 Å². The van der Waals surface area contributed by atoms with Crippen LogP contribution in [0.5, 0.6) is 0 Å². The average Bonchev–Trinajstić information content (AvgIpc) is 3.24. The van der Waals surface area contributed by atoms with Crippen LogP contribution in [0.3, 0.4) is 0 Å². The smallest absolute Gasteiger partial charge is 0.335 e. The van der Waals surface area contributed by atoms with Gasteiger partial charge in [-0.15, -0.1) is 22.7 Å². The molecule has 3 aromatic heterocycles. The Labute approximate surface area is 145 Å². The molecule has 0 aliphatic rings. The van der Waals surface area contributed by atoms with Crippen molar-refractivity contribution in [2.75, 3.05) is 5.32 Å². The molecule has 1 aromatic carbocycles. The molecule has 3 heterocycles. The van der Waals surface area contributed by atoms with Gasteiger partial charge >= 0.3 is 5.97 Å². The van der Waals surface area contributed by atoms with Gasteiger partial charge in [0, 0.05) is 22.6 Å². The van der Waals surface area contributed by atoms with E-state index in [1.165, 1.54) is 11.3 Å². The lowest BCUT2D eigenvalue weighted by atomic mass is 10.2. The molecule has 0 unspecified atom stereocenters. The molecule has 4 rings (SSSR count). The van der Waals surface area contributed by atoms with Crippen molar-refractivity contribution in [2.45, 2.75) is 6.92 Å². The number of imidazole rings is 1. The number of carboxylic acids is 1. The highest BCUT2D eigenvalue weighted by atomic mass is 32.1. The summed E-state index contributed by atoms with van der Waals surface area (Å²) < 4.78 is 2.04. The number of rotatable bonds is 4. The molecule has 0 saturated carbocycles. The zero-order valence-electron chi connectivity index (χ0n) is 12.6. The third-order valence-corrected chi connectivity index (χ3v) is 5.08. The fourth-order valence-corrected chi connectivity index (χ4v) is 3.94. The number of aryl methyl sites for hydroxylation is 1. The maximum Gasteiger partial charge on any atom is 0.335 e. The molecule has 0 atom stereocenters. The molecule has 0 radical (unpaired) electrons. The lowest BCUT2D eigenvalue weighted by molar-refractivity contribution is 0.0697. The molecule has 0 bridgehead atoms. The number of benzene rings is 1. The van der Waals surface area contributed by atoms with Crippen molar-refractivity contribution in [3.63, 3.8) is 0 Å². The topological polar surface area (TPSA) is 79.5 Å². The van der Waals surface area contributed by atoms with E-state index in [0.29, 0.717) is 0 Å². The quantitative estimate of drug-likeness (QED) is 0.571. The summed E-state index contributed by atoms with van der Waals surface area (Å²) in [7, 11) is 0. The van der Waals surface area contributed by atoms with E-state index >= 15 is 0 Å². The highest BCUT2D eigenvalue weighted by Gasteiger charge is 2.15. The minimum atomic E-state index is -0.936. The molecule has 120 valence electrons. The van der Waals surface area contributed by atoms with E-state index in [-0.39, 0.29) is 5.56 Å². The normalized spacial score (nSPS) is 11.0. The van der Waals surface area contributed by atoms with Crippen LogP contribution < -0.4 is 5.32 Å². The van der Waals surface area contributed by atoms with Crippen LogP contribution in [0.25, 0.3) is 16.3 Å². The summed E-state index contributed by atoms with van der Waals surface area (Å²) in [4.78, 5) is 21.0. The van der Waals surface area contributed by atoms with Crippen LogP contribution in [0, 0.1) is 6.92 Å². The molecule has 2 N–H and O–H groups in total. The molecule has 8 heteroatoms. The molecule has 6 nitrogen and oxygen atoms in total. The van der Waals surface area contributed by atoms with Gasteiger partial charge in [0.15, 0.2) is 10.1 Å². The molecule has 0 amide bonds. The van der Waals surface area contributed by atoms with Crippen LogP contribution in [-0.2, 0) is 0 Å². The van der Waals surface area contributed by atoms with Crippen molar-refractivity contribution in [3.05, 3.63) is 52.5 Å². The van der Waals surface area contributed by atoms with Crippen LogP contribution in [0.2, 0.25) is 0 Å². The first kappa shape index (κ1) is 14.9. The predicted octanol–water partition coefficient (Wildman–Crippen LogP) is 4.27. The monoisotopic (exact) mass is 356 g/mol. The number of carboxylic acid groups (broad SMARTS) is 1. The van der Waals surface area contributed by atoms with Gasteiger partial charge < -0.3 is 10.4 Å². The van der Waals surface area contributed by atoms with Gasteiger partial charge in [0.05, 0.1) is 17.0 Å². The molecule has 4 aromatic rings. The highest BCUT2D eigenvalue weighted by molar-refractivity contribution is 7.15. The number of thiazole rings is 2. The lowest BCUT2D eigenvalue weighted by Crippen LogP contribution is -1.96. The summed E-state index contributed by atoms with van der Waals surface area (Å²) in [5.41, 5.74) is 3.87. The Balaban J connectivity index is 1.62. The van der Waals surface area contributed by atoms with E-state index in [1.807, 2.05) is 28.3 Å². The summed E-state index contributed by atoms with van der Waals surface area (Å²) in [5, 5.41) is 16.9. The molecular formula is C16H12N4O2S2. The zero-order valence-corrected chi connectivity index (χ0v) is 14.2. The fraction of sp³-hybridized carbons (Fsp3) is 0.0625. The van der Waals surface area contributed by atoms with Crippen LogP contribution in [0.4, 0.5) is 10.8 Å². The molecule has 0 saturated heterocycles. The van der Waals surface area contributed by atoms with Gasteiger partial charge in [0.25, 0.3) is 0 Å². The fourth-order valence-electron chi connectivity index (χ4n) is 2.46. The SMILES string of the molecule is Cc1nc2sccn2c1-c1csc(Nc2ccc(C(=O)O)cc2)n1. The minimum Gasteiger partial charge on any atom is -0.478 e. The molecule has 0 aliphatic carbocycles. The first-order valence-electron chi connectivity index (χ1n) is 7.10. The molecule has 0 fully saturated rings. The third-order valence-electron chi connectivity index (χ3n) is 3.57. The van der Waals surface area contributed by atoms with Gasteiger partial charge in [-0.3, -0.25) is 4.40 Å². The van der Waals surface area contributed by atoms with Gasteiger partial charge in [0.1, 0.15) is 5.69 Å². The Morgan fingerprint density at radius 3 is 2.75 bits per heavy atom. The lowest BCUT2D eigenvalue weighted by Gasteiger charge is -2.02. The number of nitrogens with one attached hydrogen (secondary N) is 1. The van der Waals surface area contributed by atoms with E-state index in [2.05, 4.69) is 15.3 Å². The van der Waals surface area contributed by atoms with Gasteiger partial charge in [-0.25, -0.2) is 14.8 Å². The average molecular weight is 356 g/mol. The Hall–Kier alpha value is -2.71. The second-order valence-electron chi connectivity index (χ2n) is 5.15. The van der Waals surface area contributed by atoms with Crippen LogP contribution in [0.15, 0.2) is 41.2 Å². The first-order valence-corrected chi connectivity index (χ1v) is 8.86. The first-order chi connectivity index (χ1) is 11.6. The Kier molecular flexibility index (Phi) is 3.55. The molecule has 0 spiro atoms. The largest absolute Gasteiger partial charge is 0.478 e. The number of carbonyl (C=O) groups is 1. The summed E-state index contributed by atoms with van der Waals surface area (Å²) >= 11 is 3.09. The van der Waals surface area contributed by atoms with E-state index in [0.717, 1.165) is 32.9 Å². The Morgan fingerprint density at radius 1 is 1.21 bits per heavy atom. The Bertz CT molecular complexity index is 1030. The van der Waals surface area contributed by atoms with Crippen LogP contribution in [-0.4, -0.2) is 25.4 Å². The van der Waals surface area contributed by atoms with E-state index in [9.17, 15) is 4.79 Å². The van der Waals surface area contributed by atoms with E-state index < -0.39 is 5.97 Å². The number of hydrogen-bond acceptors (Lipinski definition) is 6. The highest BCUT2D eigenvalue weighted by Crippen LogP contribution is 2.31. The summed E-state index contributed by atoms with van der Waals surface area (Å²) in [6.07, 6.45) is 1.99. The maximum absolute atomic E-state index is 10.9. The van der Waals surface area contributed by atoms with Crippen molar-refractivity contribution >= 4 is 44.4 Å².